The van der Waals surface area contributed by atoms with Gasteiger partial charge in [0.25, 0.3) is 5.56 Å². The number of hydrogen-bond donors (Lipinski definition) is 2. The number of aryl methyl sites for hydroxylation is 1. The number of anilines is 1. The monoisotopic (exact) mass is 485 g/mol. The predicted molar refractivity (Wildman–Crippen MR) is 121 cm³/mol. The van der Waals surface area contributed by atoms with Crippen LogP contribution in [-0.4, -0.2) is 23.0 Å². The molecule has 4 rings (SSSR count). The van der Waals surface area contributed by atoms with Gasteiger partial charge in [0.15, 0.2) is 5.16 Å². The van der Waals surface area contributed by atoms with Crippen LogP contribution in [-0.2, 0) is 10.5 Å². The van der Waals surface area contributed by atoms with Gasteiger partial charge < -0.3 is 15.0 Å². The molecule has 154 valence electrons. The number of aromatic nitrogens is 2. The molecule has 0 radical (unpaired) electrons. The lowest BCUT2D eigenvalue weighted by molar-refractivity contribution is -0.116. The Balaban J connectivity index is 1.67. The molecule has 0 saturated carbocycles. The Bertz CT molecular complexity index is 1180. The maximum absolute atomic E-state index is 13.0. The number of hydrogen-bond acceptors (Lipinski definition) is 5. The summed E-state index contributed by atoms with van der Waals surface area (Å²) in [5, 5.41) is 3.25. The summed E-state index contributed by atoms with van der Waals surface area (Å²) in [5.74, 6) is 1.17. The zero-order chi connectivity index (χ0) is 21.3. The maximum Gasteiger partial charge on any atom is 0.257 e. The van der Waals surface area contributed by atoms with Crippen molar-refractivity contribution in [3.05, 3.63) is 79.5 Å². The largest absolute Gasteiger partial charge is 0.496 e. The van der Waals surface area contributed by atoms with Crippen molar-refractivity contribution in [2.24, 2.45) is 0 Å². The van der Waals surface area contributed by atoms with Crippen molar-refractivity contribution in [2.75, 3.05) is 12.4 Å². The average molecular weight is 486 g/mol. The van der Waals surface area contributed by atoms with Gasteiger partial charge in [0, 0.05) is 18.1 Å². The summed E-state index contributed by atoms with van der Waals surface area (Å²) in [6.45, 7) is 2.05. The zero-order valence-corrected chi connectivity index (χ0v) is 18.9. The average Bonchev–Trinajstić information content (AvgIpc) is 2.72. The molecule has 2 aromatic carbocycles. The number of carbonyl (C=O) groups is 1. The first kappa shape index (κ1) is 20.7. The number of carbonyl (C=O) groups excluding carboxylic acids is 1. The van der Waals surface area contributed by atoms with Crippen LogP contribution >= 0.6 is 27.7 Å². The van der Waals surface area contributed by atoms with Crippen LogP contribution < -0.4 is 15.6 Å². The summed E-state index contributed by atoms with van der Waals surface area (Å²) in [6, 6.07) is 13.7. The molecule has 6 nitrogen and oxygen atoms in total. The molecule has 1 aliphatic rings. The molecule has 1 aromatic heterocycles. The fourth-order valence-corrected chi connectivity index (χ4v) is 5.02. The van der Waals surface area contributed by atoms with Crippen LogP contribution in [0.15, 0.2) is 56.9 Å². The number of nitrogens with one attached hydrogen (secondary N) is 2. The first-order valence-electron chi connectivity index (χ1n) is 9.41. The van der Waals surface area contributed by atoms with E-state index in [-0.39, 0.29) is 23.8 Å². The second-order valence-corrected chi connectivity index (χ2v) is 8.87. The molecule has 0 bridgehead atoms. The molecule has 3 aromatic rings. The number of fused-ring (bicyclic) bond motifs is 1. The summed E-state index contributed by atoms with van der Waals surface area (Å²) in [5.41, 5.74) is 3.46. The van der Waals surface area contributed by atoms with E-state index in [1.807, 2.05) is 30.3 Å². The minimum Gasteiger partial charge on any atom is -0.496 e. The van der Waals surface area contributed by atoms with Gasteiger partial charge in [0.1, 0.15) is 11.6 Å². The van der Waals surface area contributed by atoms with Gasteiger partial charge in [-0.3, -0.25) is 9.59 Å². The lowest BCUT2D eigenvalue weighted by Crippen LogP contribution is -2.31. The molecule has 0 fully saturated rings. The molecule has 2 heterocycles. The van der Waals surface area contributed by atoms with E-state index in [4.69, 9.17) is 4.74 Å². The fraction of sp³-hybridized carbons (Fsp3) is 0.227. The highest BCUT2D eigenvalue weighted by atomic mass is 79.9. The molecule has 8 heteroatoms. The normalized spacial score (nSPS) is 15.4. The Kier molecular flexibility index (Phi) is 5.97. The molecule has 1 amide bonds. The van der Waals surface area contributed by atoms with E-state index in [0.29, 0.717) is 28.0 Å². The number of rotatable bonds is 5. The van der Waals surface area contributed by atoms with Crippen molar-refractivity contribution in [1.82, 2.24) is 9.97 Å². The smallest absolute Gasteiger partial charge is 0.257 e. The summed E-state index contributed by atoms with van der Waals surface area (Å²) in [4.78, 5) is 32.7. The van der Waals surface area contributed by atoms with Gasteiger partial charge in [-0.25, -0.2) is 4.98 Å². The number of ether oxygens (including phenoxy) is 1. The van der Waals surface area contributed by atoms with Crippen LogP contribution in [0.25, 0.3) is 0 Å². The number of nitrogens with zero attached hydrogens (tertiary/aromatic N) is 1. The molecular weight excluding hydrogens is 466 g/mol. The highest BCUT2D eigenvalue weighted by Crippen LogP contribution is 2.37. The minimum absolute atomic E-state index is 0.160. The van der Waals surface area contributed by atoms with Gasteiger partial charge >= 0.3 is 0 Å². The van der Waals surface area contributed by atoms with Crippen LogP contribution in [0.1, 0.15) is 34.6 Å². The van der Waals surface area contributed by atoms with Crippen LogP contribution in [0.4, 0.5) is 5.82 Å². The third-order valence-corrected chi connectivity index (χ3v) is 6.68. The van der Waals surface area contributed by atoms with Gasteiger partial charge in [-0.1, -0.05) is 42.1 Å². The van der Waals surface area contributed by atoms with Crippen LogP contribution in [0.2, 0.25) is 0 Å². The number of benzene rings is 2. The summed E-state index contributed by atoms with van der Waals surface area (Å²) in [7, 11) is 1.59. The number of amides is 1. The third kappa shape index (κ3) is 4.15. The Morgan fingerprint density at radius 2 is 2.03 bits per heavy atom. The van der Waals surface area contributed by atoms with Crippen LogP contribution in [0.5, 0.6) is 5.75 Å². The second-order valence-electron chi connectivity index (χ2n) is 7.05. The van der Waals surface area contributed by atoms with E-state index >= 15 is 0 Å². The number of H-pyrrole nitrogens is 1. The molecule has 30 heavy (non-hydrogen) atoms. The van der Waals surface area contributed by atoms with E-state index in [1.54, 1.807) is 7.11 Å². The number of thioether (sulfide) groups is 1. The fourth-order valence-electron chi connectivity index (χ4n) is 3.52. The zero-order valence-electron chi connectivity index (χ0n) is 16.5. The number of methoxy groups -OCH3 is 1. The van der Waals surface area contributed by atoms with Crippen molar-refractivity contribution in [1.29, 1.82) is 0 Å². The van der Waals surface area contributed by atoms with E-state index in [2.05, 4.69) is 50.3 Å². The second kappa shape index (κ2) is 8.65. The lowest BCUT2D eigenvalue weighted by Gasteiger charge is -2.25. The Labute approximate surface area is 186 Å². The first-order chi connectivity index (χ1) is 14.5. The molecule has 0 spiro atoms. The van der Waals surface area contributed by atoms with Crippen LogP contribution in [0.3, 0.4) is 0 Å². The molecular formula is C22H20BrN3O3S. The molecule has 1 atom stereocenters. The number of halogens is 1. The van der Waals surface area contributed by atoms with E-state index in [0.717, 1.165) is 10.0 Å². The highest BCUT2D eigenvalue weighted by Gasteiger charge is 2.31. The highest BCUT2D eigenvalue weighted by molar-refractivity contribution is 9.10. The summed E-state index contributed by atoms with van der Waals surface area (Å²) >= 11 is 4.92. The topological polar surface area (TPSA) is 84.1 Å². The van der Waals surface area contributed by atoms with E-state index in [1.165, 1.54) is 22.9 Å². The Morgan fingerprint density at radius 1 is 1.23 bits per heavy atom. The number of aromatic amines is 1. The van der Waals surface area contributed by atoms with Crippen LogP contribution in [0, 0.1) is 6.92 Å². The summed E-state index contributed by atoms with van der Waals surface area (Å²) < 4.78 is 6.05. The molecule has 1 unspecified atom stereocenters. The Hall–Kier alpha value is -2.58. The Morgan fingerprint density at radius 3 is 2.77 bits per heavy atom. The van der Waals surface area contributed by atoms with Gasteiger partial charge in [0.2, 0.25) is 5.91 Å². The van der Waals surface area contributed by atoms with Crippen molar-refractivity contribution in [3.63, 3.8) is 0 Å². The first-order valence-corrected chi connectivity index (χ1v) is 11.2. The van der Waals surface area contributed by atoms with Crippen molar-refractivity contribution >= 4 is 39.4 Å². The van der Waals surface area contributed by atoms with Crippen molar-refractivity contribution in [2.45, 2.75) is 30.2 Å². The van der Waals surface area contributed by atoms with Gasteiger partial charge in [0.05, 0.1) is 17.1 Å². The predicted octanol–water partition coefficient (Wildman–Crippen LogP) is 4.62. The van der Waals surface area contributed by atoms with Crippen molar-refractivity contribution < 1.29 is 9.53 Å². The SMILES string of the molecule is COc1ccc(C2CC(=O)Nc3nc(SCc4ccccc4C)[nH]c(=O)c32)cc1Br. The maximum atomic E-state index is 13.0. The standard InChI is InChI=1S/C22H20BrN3O3S/c1-12-5-3-4-6-14(12)11-30-22-25-20-19(21(28)26-22)15(10-18(27)24-20)13-7-8-17(29-2)16(23)9-13/h3-9,15H,10-11H2,1-2H3,(H2,24,25,26,27,28). The van der Waals surface area contributed by atoms with Gasteiger partial charge in [-0.2, -0.15) is 0 Å². The van der Waals surface area contributed by atoms with Gasteiger partial charge in [-0.15, -0.1) is 0 Å². The quantitative estimate of drug-likeness (QED) is 0.406. The van der Waals surface area contributed by atoms with E-state index in [9.17, 15) is 9.59 Å². The summed E-state index contributed by atoms with van der Waals surface area (Å²) in [6.07, 6.45) is 0.187. The molecule has 2 N–H and O–H groups in total. The minimum atomic E-state index is -0.373. The van der Waals surface area contributed by atoms with Crippen molar-refractivity contribution in [3.8, 4) is 5.75 Å². The molecule has 1 aliphatic heterocycles. The van der Waals surface area contributed by atoms with E-state index < -0.39 is 0 Å². The third-order valence-electron chi connectivity index (χ3n) is 5.13. The lowest BCUT2D eigenvalue weighted by atomic mass is 9.87. The van der Waals surface area contributed by atoms with Gasteiger partial charge in [-0.05, 0) is 51.7 Å². The molecule has 0 saturated heterocycles. The molecule has 0 aliphatic carbocycles.